The van der Waals surface area contributed by atoms with Gasteiger partial charge in [-0.15, -0.1) is 0 Å². The monoisotopic (exact) mass is 246 g/mol. The van der Waals surface area contributed by atoms with E-state index in [0.29, 0.717) is 0 Å². The van der Waals surface area contributed by atoms with Crippen molar-refractivity contribution in [2.45, 2.75) is 25.7 Å². The third kappa shape index (κ3) is 10.5. The molecule has 96 valence electrons. The van der Waals surface area contributed by atoms with E-state index >= 15 is 0 Å². The Balaban J connectivity index is 3.55. The SMILES string of the molecule is O=C(O)CCC(=O)COCC(=O)CCC(=O)O. The second-order valence-electron chi connectivity index (χ2n) is 3.36. The van der Waals surface area contributed by atoms with Crippen LogP contribution in [0.3, 0.4) is 0 Å². The van der Waals surface area contributed by atoms with Gasteiger partial charge in [0.15, 0.2) is 11.6 Å². The maximum absolute atomic E-state index is 11.0. The average Bonchev–Trinajstić information content (AvgIpc) is 2.23. The first kappa shape index (κ1) is 15.2. The average molecular weight is 246 g/mol. The number of carboxylic acid groups (broad SMARTS) is 2. The summed E-state index contributed by atoms with van der Waals surface area (Å²) in [6.07, 6.45) is -0.818. The zero-order chi connectivity index (χ0) is 13.3. The van der Waals surface area contributed by atoms with Gasteiger partial charge in [0.05, 0.1) is 12.8 Å². The highest BCUT2D eigenvalue weighted by atomic mass is 16.5. The van der Waals surface area contributed by atoms with E-state index in [-0.39, 0.29) is 38.9 Å². The molecule has 7 heteroatoms. The van der Waals surface area contributed by atoms with Crippen molar-refractivity contribution in [3.8, 4) is 0 Å². The molecule has 0 aromatic rings. The highest BCUT2D eigenvalue weighted by molar-refractivity contribution is 5.85. The normalized spacial score (nSPS) is 9.88. The van der Waals surface area contributed by atoms with Gasteiger partial charge in [-0.1, -0.05) is 0 Å². The third-order valence-electron chi connectivity index (χ3n) is 1.76. The summed E-state index contributed by atoms with van der Waals surface area (Å²) in [6.45, 7) is -0.655. The smallest absolute Gasteiger partial charge is 0.303 e. The lowest BCUT2D eigenvalue weighted by molar-refractivity contribution is -0.140. The van der Waals surface area contributed by atoms with Crippen molar-refractivity contribution in [2.75, 3.05) is 13.2 Å². The summed E-state index contributed by atoms with van der Waals surface area (Å²) in [5, 5.41) is 16.6. The van der Waals surface area contributed by atoms with Crippen LogP contribution in [-0.4, -0.2) is 46.9 Å². The molecule has 0 heterocycles. The maximum Gasteiger partial charge on any atom is 0.303 e. The van der Waals surface area contributed by atoms with E-state index in [1.54, 1.807) is 0 Å². The number of ketones is 2. The quantitative estimate of drug-likeness (QED) is 0.551. The molecular formula is C10H14O7. The fourth-order valence-corrected chi connectivity index (χ4v) is 0.916. The lowest BCUT2D eigenvalue weighted by atomic mass is 10.2. The second kappa shape index (κ2) is 8.40. The van der Waals surface area contributed by atoms with Gasteiger partial charge in [0.1, 0.15) is 13.2 Å². The number of rotatable bonds is 10. The molecule has 0 bridgehead atoms. The summed E-state index contributed by atoms with van der Waals surface area (Å²) in [4.78, 5) is 42.3. The summed E-state index contributed by atoms with van der Waals surface area (Å²) in [7, 11) is 0. The number of carbonyl (C=O) groups excluding carboxylic acids is 2. The Morgan fingerprint density at radius 1 is 0.706 bits per heavy atom. The van der Waals surface area contributed by atoms with Gasteiger partial charge in [-0.05, 0) is 0 Å². The van der Waals surface area contributed by atoms with E-state index in [9.17, 15) is 19.2 Å². The van der Waals surface area contributed by atoms with Gasteiger partial charge in [0.25, 0.3) is 0 Å². The minimum Gasteiger partial charge on any atom is -0.481 e. The second-order valence-corrected chi connectivity index (χ2v) is 3.36. The molecule has 0 fully saturated rings. The number of hydrogen-bond acceptors (Lipinski definition) is 5. The molecule has 0 unspecified atom stereocenters. The summed E-state index contributed by atoms with van der Waals surface area (Å²) < 4.78 is 4.74. The van der Waals surface area contributed by atoms with E-state index in [1.807, 2.05) is 0 Å². The van der Waals surface area contributed by atoms with E-state index in [4.69, 9.17) is 14.9 Å². The van der Waals surface area contributed by atoms with Crippen molar-refractivity contribution in [1.29, 1.82) is 0 Å². The Labute approximate surface area is 97.4 Å². The molecule has 0 rings (SSSR count). The molecule has 0 radical (unpaired) electrons. The number of hydrogen-bond donors (Lipinski definition) is 2. The zero-order valence-corrected chi connectivity index (χ0v) is 9.18. The number of Topliss-reactive ketones (excluding diaryl/α,β-unsaturated/α-hetero) is 2. The van der Waals surface area contributed by atoms with Crippen molar-refractivity contribution >= 4 is 23.5 Å². The topological polar surface area (TPSA) is 118 Å². The van der Waals surface area contributed by atoms with Gasteiger partial charge in [0.2, 0.25) is 0 Å². The molecular weight excluding hydrogens is 232 g/mol. The highest BCUT2D eigenvalue weighted by Crippen LogP contribution is 1.95. The predicted octanol–water partition coefficient (Wildman–Crippen LogP) is -0.129. The molecule has 2 N–H and O–H groups in total. The molecule has 0 aliphatic carbocycles. The molecule has 0 atom stereocenters. The van der Waals surface area contributed by atoms with Crippen LogP contribution in [-0.2, 0) is 23.9 Å². The molecule has 0 spiro atoms. The lowest BCUT2D eigenvalue weighted by Gasteiger charge is -2.01. The van der Waals surface area contributed by atoms with Crippen LogP contribution in [0.2, 0.25) is 0 Å². The Hall–Kier alpha value is -1.76. The Morgan fingerprint density at radius 3 is 1.35 bits per heavy atom. The molecule has 0 saturated carbocycles. The first-order chi connectivity index (χ1) is 7.91. The van der Waals surface area contributed by atoms with Crippen LogP contribution < -0.4 is 0 Å². The molecule has 0 aliphatic rings. The maximum atomic E-state index is 11.0. The van der Waals surface area contributed by atoms with E-state index in [2.05, 4.69) is 0 Å². The minimum absolute atomic E-state index is 0.140. The molecule has 0 aliphatic heterocycles. The summed E-state index contributed by atoms with van der Waals surface area (Å²) in [6, 6.07) is 0. The molecule has 0 amide bonds. The molecule has 7 nitrogen and oxygen atoms in total. The predicted molar refractivity (Wildman–Crippen MR) is 54.6 cm³/mol. The summed E-state index contributed by atoms with van der Waals surface area (Å²) >= 11 is 0. The fourth-order valence-electron chi connectivity index (χ4n) is 0.916. The fraction of sp³-hybridized carbons (Fsp3) is 0.600. The molecule has 0 aromatic heterocycles. The van der Waals surface area contributed by atoms with Crippen LogP contribution in [0.4, 0.5) is 0 Å². The molecule has 0 saturated heterocycles. The summed E-state index contributed by atoms with van der Waals surface area (Å²) in [5.74, 6) is -2.95. The van der Waals surface area contributed by atoms with Gasteiger partial charge >= 0.3 is 11.9 Å². The van der Waals surface area contributed by atoms with Gasteiger partial charge in [0, 0.05) is 12.8 Å². The van der Waals surface area contributed by atoms with Gasteiger partial charge in [-0.2, -0.15) is 0 Å². The Kier molecular flexibility index (Phi) is 7.53. The standard InChI is InChI=1S/C10H14O7/c11-7(1-3-9(13)14)5-17-6-8(12)2-4-10(15)16/h1-6H2,(H,13,14)(H,15,16). The summed E-state index contributed by atoms with van der Waals surface area (Å²) in [5.41, 5.74) is 0. The van der Waals surface area contributed by atoms with Gasteiger partial charge < -0.3 is 14.9 Å². The first-order valence-corrected chi connectivity index (χ1v) is 4.96. The van der Waals surface area contributed by atoms with Gasteiger partial charge in [-0.25, -0.2) is 0 Å². The molecule has 17 heavy (non-hydrogen) atoms. The first-order valence-electron chi connectivity index (χ1n) is 4.96. The number of carboxylic acids is 2. The van der Waals surface area contributed by atoms with Crippen LogP contribution in [0.5, 0.6) is 0 Å². The Bertz CT molecular complexity index is 278. The van der Waals surface area contributed by atoms with Crippen LogP contribution in [0.25, 0.3) is 0 Å². The van der Waals surface area contributed by atoms with Crippen LogP contribution in [0, 0.1) is 0 Å². The number of aliphatic carboxylic acids is 2. The van der Waals surface area contributed by atoms with E-state index in [1.165, 1.54) is 0 Å². The Morgan fingerprint density at radius 2 is 1.06 bits per heavy atom. The van der Waals surface area contributed by atoms with Crippen molar-refractivity contribution in [2.24, 2.45) is 0 Å². The van der Waals surface area contributed by atoms with Crippen LogP contribution in [0.1, 0.15) is 25.7 Å². The van der Waals surface area contributed by atoms with Crippen molar-refractivity contribution in [1.82, 2.24) is 0 Å². The lowest BCUT2D eigenvalue weighted by Crippen LogP contribution is -2.16. The number of ether oxygens (including phenoxy) is 1. The van der Waals surface area contributed by atoms with Gasteiger partial charge in [-0.3, -0.25) is 19.2 Å². The minimum atomic E-state index is -1.07. The van der Waals surface area contributed by atoms with Crippen LogP contribution in [0.15, 0.2) is 0 Å². The van der Waals surface area contributed by atoms with Crippen molar-refractivity contribution in [3.63, 3.8) is 0 Å². The van der Waals surface area contributed by atoms with Crippen molar-refractivity contribution in [3.05, 3.63) is 0 Å². The number of carbonyl (C=O) groups is 4. The highest BCUT2D eigenvalue weighted by Gasteiger charge is 2.09. The van der Waals surface area contributed by atoms with E-state index < -0.39 is 23.5 Å². The largest absolute Gasteiger partial charge is 0.481 e. The zero-order valence-electron chi connectivity index (χ0n) is 9.18. The van der Waals surface area contributed by atoms with E-state index in [0.717, 1.165) is 0 Å². The third-order valence-corrected chi connectivity index (χ3v) is 1.76. The van der Waals surface area contributed by atoms with Crippen molar-refractivity contribution < 1.29 is 34.1 Å². The van der Waals surface area contributed by atoms with Crippen LogP contribution >= 0.6 is 0 Å². The molecule has 0 aromatic carbocycles.